The van der Waals surface area contributed by atoms with Crippen molar-refractivity contribution in [2.75, 3.05) is 6.54 Å². The maximum absolute atomic E-state index is 13.5. The number of benzene rings is 1. The molecule has 1 N–H and O–H groups in total. The Morgan fingerprint density at radius 1 is 1.17 bits per heavy atom. The number of carbonyl (C=O) groups excluding carboxylic acids is 1. The molecule has 0 unspecified atom stereocenters. The highest BCUT2D eigenvalue weighted by molar-refractivity contribution is 7.09. The first-order valence-electron chi connectivity index (χ1n) is 7.22. The third-order valence-corrected chi connectivity index (χ3v) is 4.19. The van der Waals surface area contributed by atoms with Crippen LogP contribution < -0.4 is 5.32 Å². The van der Waals surface area contributed by atoms with Crippen molar-refractivity contribution in [2.45, 2.75) is 6.42 Å². The number of rotatable bonds is 5. The average molecular weight is 345 g/mol. The van der Waals surface area contributed by atoms with Gasteiger partial charge in [0, 0.05) is 24.5 Å². The zero-order chi connectivity index (χ0) is 16.9. The van der Waals surface area contributed by atoms with E-state index in [0.29, 0.717) is 6.42 Å². The van der Waals surface area contributed by atoms with Gasteiger partial charge in [0.2, 0.25) is 0 Å². The van der Waals surface area contributed by atoms with Gasteiger partial charge < -0.3 is 5.32 Å². The molecule has 0 aliphatic carbocycles. The zero-order valence-electron chi connectivity index (χ0n) is 12.5. The van der Waals surface area contributed by atoms with E-state index >= 15 is 0 Å². The number of halogens is 2. The van der Waals surface area contributed by atoms with E-state index in [4.69, 9.17) is 0 Å². The van der Waals surface area contributed by atoms with E-state index < -0.39 is 17.5 Å². The molecule has 0 saturated heterocycles. The Morgan fingerprint density at radius 3 is 2.83 bits per heavy atom. The van der Waals surface area contributed by atoms with Crippen molar-refractivity contribution in [1.82, 2.24) is 15.3 Å². The average Bonchev–Trinajstić information content (AvgIpc) is 3.06. The number of amides is 1. The van der Waals surface area contributed by atoms with Crippen molar-refractivity contribution in [3.63, 3.8) is 0 Å². The minimum atomic E-state index is -0.749. The van der Waals surface area contributed by atoms with Gasteiger partial charge in [0.15, 0.2) is 0 Å². The lowest BCUT2D eigenvalue weighted by atomic mass is 10.2. The monoisotopic (exact) mass is 345 g/mol. The van der Waals surface area contributed by atoms with Gasteiger partial charge in [-0.25, -0.2) is 13.8 Å². The standard InChI is InChI=1S/C17H13F2N3OS/c18-11-4-5-13(19)12(9-11)17(23)21-8-6-16-22-15(10-24-16)14-3-1-2-7-20-14/h1-5,7,9-10H,6,8H2,(H,21,23). The van der Waals surface area contributed by atoms with Crippen molar-refractivity contribution in [3.05, 3.63) is 70.2 Å². The molecule has 0 aliphatic rings. The highest BCUT2D eigenvalue weighted by atomic mass is 32.1. The van der Waals surface area contributed by atoms with E-state index in [1.165, 1.54) is 11.3 Å². The van der Waals surface area contributed by atoms with Crippen molar-refractivity contribution >= 4 is 17.2 Å². The summed E-state index contributed by atoms with van der Waals surface area (Å²) in [6.07, 6.45) is 2.20. The van der Waals surface area contributed by atoms with Crippen LogP contribution in [0.25, 0.3) is 11.4 Å². The van der Waals surface area contributed by atoms with Crippen LogP contribution in [0.15, 0.2) is 48.0 Å². The Bertz CT molecular complexity index is 852. The van der Waals surface area contributed by atoms with Crippen molar-refractivity contribution in [3.8, 4) is 11.4 Å². The first-order chi connectivity index (χ1) is 11.6. The molecule has 0 radical (unpaired) electrons. The van der Waals surface area contributed by atoms with Crippen LogP contribution in [0.5, 0.6) is 0 Å². The van der Waals surface area contributed by atoms with Crippen molar-refractivity contribution < 1.29 is 13.6 Å². The number of pyridine rings is 1. The molecule has 2 heterocycles. The van der Waals surface area contributed by atoms with E-state index in [0.717, 1.165) is 34.6 Å². The molecular formula is C17H13F2N3OS. The summed E-state index contributed by atoms with van der Waals surface area (Å²) in [5.41, 5.74) is 1.26. The largest absolute Gasteiger partial charge is 0.352 e. The first kappa shape index (κ1) is 16.2. The topological polar surface area (TPSA) is 54.9 Å². The Kier molecular flexibility index (Phi) is 4.90. The number of thiazole rings is 1. The summed E-state index contributed by atoms with van der Waals surface area (Å²) >= 11 is 1.46. The summed E-state index contributed by atoms with van der Waals surface area (Å²) in [5, 5.41) is 5.29. The SMILES string of the molecule is O=C(NCCc1nc(-c2ccccn2)cs1)c1cc(F)ccc1F. The first-order valence-corrected chi connectivity index (χ1v) is 8.10. The van der Waals surface area contributed by atoms with Gasteiger partial charge in [-0.05, 0) is 30.3 Å². The van der Waals surface area contributed by atoms with Gasteiger partial charge >= 0.3 is 0 Å². The second kappa shape index (κ2) is 7.27. The van der Waals surface area contributed by atoms with Gasteiger partial charge in [-0.3, -0.25) is 9.78 Å². The molecule has 0 bridgehead atoms. The summed E-state index contributed by atoms with van der Waals surface area (Å²) in [6, 6.07) is 8.37. The smallest absolute Gasteiger partial charge is 0.254 e. The predicted molar refractivity (Wildman–Crippen MR) is 87.7 cm³/mol. The summed E-state index contributed by atoms with van der Waals surface area (Å²) in [6.45, 7) is 0.282. The molecule has 7 heteroatoms. The number of nitrogens with zero attached hydrogens (tertiary/aromatic N) is 2. The molecule has 1 amide bonds. The lowest BCUT2D eigenvalue weighted by Gasteiger charge is -2.05. The summed E-state index contributed by atoms with van der Waals surface area (Å²) < 4.78 is 26.6. The molecule has 0 aliphatic heterocycles. The minimum Gasteiger partial charge on any atom is -0.352 e. The second-order valence-corrected chi connectivity index (χ2v) is 5.91. The van der Waals surface area contributed by atoms with E-state index in [1.807, 2.05) is 23.6 Å². The third kappa shape index (κ3) is 3.80. The fourth-order valence-corrected chi connectivity index (χ4v) is 2.90. The highest BCUT2D eigenvalue weighted by Crippen LogP contribution is 2.19. The lowest BCUT2D eigenvalue weighted by molar-refractivity contribution is 0.0949. The Labute approximate surface area is 141 Å². The minimum absolute atomic E-state index is 0.282. The Balaban J connectivity index is 1.58. The number of nitrogens with one attached hydrogen (secondary N) is 1. The predicted octanol–water partition coefficient (Wildman–Crippen LogP) is 3.46. The van der Waals surface area contributed by atoms with Crippen LogP contribution in [0.1, 0.15) is 15.4 Å². The molecule has 3 aromatic rings. The number of carbonyl (C=O) groups is 1. The van der Waals surface area contributed by atoms with Crippen LogP contribution in [0, 0.1) is 11.6 Å². The molecule has 0 saturated carbocycles. The maximum Gasteiger partial charge on any atom is 0.254 e. The van der Waals surface area contributed by atoms with Gasteiger partial charge in [0.25, 0.3) is 5.91 Å². The number of aromatic nitrogens is 2. The van der Waals surface area contributed by atoms with E-state index in [2.05, 4.69) is 15.3 Å². The van der Waals surface area contributed by atoms with Gasteiger partial charge in [-0.1, -0.05) is 6.07 Å². The van der Waals surface area contributed by atoms with Crippen LogP contribution in [0.3, 0.4) is 0 Å². The number of hydrogen-bond acceptors (Lipinski definition) is 4. The molecule has 24 heavy (non-hydrogen) atoms. The van der Waals surface area contributed by atoms with E-state index in [1.54, 1.807) is 6.20 Å². The Morgan fingerprint density at radius 2 is 2.04 bits per heavy atom. The normalized spacial score (nSPS) is 10.6. The second-order valence-electron chi connectivity index (χ2n) is 4.97. The molecule has 3 rings (SSSR count). The van der Waals surface area contributed by atoms with Crippen molar-refractivity contribution in [1.29, 1.82) is 0 Å². The molecule has 4 nitrogen and oxygen atoms in total. The quantitative estimate of drug-likeness (QED) is 0.770. The molecule has 0 fully saturated rings. The van der Waals surface area contributed by atoms with Crippen LogP contribution in [0.4, 0.5) is 8.78 Å². The molecule has 0 spiro atoms. The Hall–Kier alpha value is -2.67. The van der Waals surface area contributed by atoms with Crippen LogP contribution >= 0.6 is 11.3 Å². The summed E-state index contributed by atoms with van der Waals surface area (Å²) in [4.78, 5) is 20.6. The highest BCUT2D eigenvalue weighted by Gasteiger charge is 2.13. The molecule has 0 atom stereocenters. The zero-order valence-corrected chi connectivity index (χ0v) is 13.3. The van der Waals surface area contributed by atoms with E-state index in [-0.39, 0.29) is 12.1 Å². The fourth-order valence-electron chi connectivity index (χ4n) is 2.11. The summed E-state index contributed by atoms with van der Waals surface area (Å²) in [5.74, 6) is -2.05. The summed E-state index contributed by atoms with van der Waals surface area (Å²) in [7, 11) is 0. The van der Waals surface area contributed by atoms with Crippen molar-refractivity contribution in [2.24, 2.45) is 0 Å². The van der Waals surface area contributed by atoms with Gasteiger partial charge in [0.05, 0.1) is 22.0 Å². The third-order valence-electron chi connectivity index (χ3n) is 3.28. The van der Waals surface area contributed by atoms with E-state index in [9.17, 15) is 13.6 Å². The maximum atomic E-state index is 13.5. The molecule has 1 aromatic carbocycles. The van der Waals surface area contributed by atoms with Gasteiger partial charge in [-0.2, -0.15) is 0 Å². The van der Waals surface area contributed by atoms with Gasteiger partial charge in [-0.15, -0.1) is 11.3 Å². The molecular weight excluding hydrogens is 332 g/mol. The molecule has 2 aromatic heterocycles. The lowest BCUT2D eigenvalue weighted by Crippen LogP contribution is -2.26. The fraction of sp³-hybridized carbons (Fsp3) is 0.118. The molecule has 122 valence electrons. The van der Waals surface area contributed by atoms with Gasteiger partial charge in [0.1, 0.15) is 11.6 Å². The van der Waals surface area contributed by atoms with Crippen LogP contribution in [0.2, 0.25) is 0 Å². The van der Waals surface area contributed by atoms with Crippen LogP contribution in [-0.4, -0.2) is 22.4 Å². The number of hydrogen-bond donors (Lipinski definition) is 1. The van der Waals surface area contributed by atoms with Crippen LogP contribution in [-0.2, 0) is 6.42 Å².